The number of halogens is 2. The fourth-order valence-corrected chi connectivity index (χ4v) is 3.68. The van der Waals surface area contributed by atoms with Crippen LogP contribution in [-0.2, 0) is 0 Å². The molecule has 3 rings (SSSR count). The first kappa shape index (κ1) is 20.2. The summed E-state index contributed by atoms with van der Waals surface area (Å²) in [6, 6.07) is 6.22. The number of amides is 1. The molecule has 1 aliphatic heterocycles. The van der Waals surface area contributed by atoms with Gasteiger partial charge in [0.25, 0.3) is 5.91 Å². The van der Waals surface area contributed by atoms with Crippen LogP contribution in [0.1, 0.15) is 36.5 Å². The predicted octanol–water partition coefficient (Wildman–Crippen LogP) is 3.74. The van der Waals surface area contributed by atoms with Crippen molar-refractivity contribution >= 4 is 52.3 Å². The molecule has 2 heterocycles. The third kappa shape index (κ3) is 4.57. The Balaban J connectivity index is 0.00000132. The first-order chi connectivity index (χ1) is 10.3. The first-order valence-electron chi connectivity index (χ1n) is 7.64. The molecule has 0 spiro atoms. The quantitative estimate of drug-likeness (QED) is 0.884. The number of benzene rings is 1. The van der Waals surface area contributed by atoms with Crippen LogP contribution < -0.4 is 5.32 Å². The van der Waals surface area contributed by atoms with Crippen molar-refractivity contribution in [1.82, 2.24) is 15.2 Å². The lowest BCUT2D eigenvalue weighted by Crippen LogP contribution is -2.46. The Morgan fingerprint density at radius 2 is 2.09 bits per heavy atom. The van der Waals surface area contributed by atoms with Gasteiger partial charge in [-0.2, -0.15) is 0 Å². The summed E-state index contributed by atoms with van der Waals surface area (Å²) < 4.78 is 1.09. The van der Waals surface area contributed by atoms with Gasteiger partial charge in [0.2, 0.25) is 0 Å². The van der Waals surface area contributed by atoms with Crippen molar-refractivity contribution < 1.29 is 4.79 Å². The minimum atomic E-state index is 0. The van der Waals surface area contributed by atoms with Gasteiger partial charge in [-0.05, 0) is 50.6 Å². The molecular weight excluding hydrogens is 353 g/mol. The molecule has 1 aromatic carbocycles. The Bertz CT molecular complexity index is 629. The SMILES string of the molecule is CCCN(C(=O)c1ccc2ncsc2c1)C1CCNCC1.Cl.Cl. The molecule has 1 amide bonds. The zero-order chi connectivity index (χ0) is 14.7. The van der Waals surface area contributed by atoms with Crippen molar-refractivity contribution in [2.24, 2.45) is 0 Å². The number of carbonyl (C=O) groups is 1. The fourth-order valence-electron chi connectivity index (χ4n) is 2.96. The van der Waals surface area contributed by atoms with Crippen LogP contribution in [0.15, 0.2) is 23.7 Å². The zero-order valence-electron chi connectivity index (χ0n) is 13.2. The molecule has 0 saturated carbocycles. The number of hydrogen-bond acceptors (Lipinski definition) is 4. The van der Waals surface area contributed by atoms with Gasteiger partial charge < -0.3 is 10.2 Å². The summed E-state index contributed by atoms with van der Waals surface area (Å²) >= 11 is 1.59. The molecule has 0 atom stereocenters. The average Bonchev–Trinajstić information content (AvgIpc) is 3.00. The number of nitrogens with one attached hydrogen (secondary N) is 1. The van der Waals surface area contributed by atoms with Gasteiger partial charge >= 0.3 is 0 Å². The summed E-state index contributed by atoms with van der Waals surface area (Å²) in [7, 11) is 0. The number of carbonyl (C=O) groups excluding carboxylic acids is 1. The second kappa shape index (κ2) is 9.42. The second-order valence-electron chi connectivity index (χ2n) is 5.51. The highest BCUT2D eigenvalue weighted by molar-refractivity contribution is 7.16. The highest BCUT2D eigenvalue weighted by Gasteiger charge is 2.25. The van der Waals surface area contributed by atoms with E-state index in [1.54, 1.807) is 11.3 Å². The molecule has 23 heavy (non-hydrogen) atoms. The van der Waals surface area contributed by atoms with Gasteiger partial charge in [0.15, 0.2) is 0 Å². The number of fused-ring (bicyclic) bond motifs is 1. The highest BCUT2D eigenvalue weighted by atomic mass is 35.5. The van der Waals surface area contributed by atoms with Gasteiger partial charge in [0.05, 0.1) is 15.7 Å². The highest BCUT2D eigenvalue weighted by Crippen LogP contribution is 2.22. The molecule has 2 aromatic rings. The van der Waals surface area contributed by atoms with Crippen LogP contribution in [0.3, 0.4) is 0 Å². The van der Waals surface area contributed by atoms with Gasteiger partial charge in [-0.15, -0.1) is 36.2 Å². The zero-order valence-corrected chi connectivity index (χ0v) is 15.6. The number of piperidine rings is 1. The van der Waals surface area contributed by atoms with Crippen molar-refractivity contribution in [3.8, 4) is 0 Å². The molecule has 0 unspecified atom stereocenters. The lowest BCUT2D eigenvalue weighted by molar-refractivity contribution is 0.0643. The largest absolute Gasteiger partial charge is 0.336 e. The molecule has 0 aliphatic carbocycles. The van der Waals surface area contributed by atoms with Crippen molar-refractivity contribution in [3.63, 3.8) is 0 Å². The molecule has 0 bridgehead atoms. The van der Waals surface area contributed by atoms with Gasteiger partial charge in [-0.3, -0.25) is 4.79 Å². The molecule has 0 radical (unpaired) electrons. The van der Waals surface area contributed by atoms with E-state index < -0.39 is 0 Å². The van der Waals surface area contributed by atoms with Crippen LogP contribution in [-0.4, -0.2) is 41.5 Å². The van der Waals surface area contributed by atoms with Crippen LogP contribution in [0.25, 0.3) is 10.2 Å². The lowest BCUT2D eigenvalue weighted by atomic mass is 10.0. The standard InChI is InChI=1S/C16H21N3OS.2ClH/c1-2-9-19(13-5-7-17-8-6-13)16(20)12-3-4-14-15(10-12)21-11-18-14;;/h3-4,10-11,13,17H,2,5-9H2,1H3;2*1H. The molecule has 7 heteroatoms. The van der Waals surface area contributed by atoms with Crippen LogP contribution >= 0.6 is 36.2 Å². The number of hydrogen-bond donors (Lipinski definition) is 1. The molecule has 4 nitrogen and oxygen atoms in total. The summed E-state index contributed by atoms with van der Waals surface area (Å²) in [5.74, 6) is 0.166. The summed E-state index contributed by atoms with van der Waals surface area (Å²) in [5.41, 5.74) is 3.59. The Hall–Kier alpha value is -0.880. The Kier molecular flexibility index (Phi) is 8.26. The normalized spacial score (nSPS) is 14.8. The maximum Gasteiger partial charge on any atom is 0.254 e. The van der Waals surface area contributed by atoms with Crippen molar-refractivity contribution in [3.05, 3.63) is 29.3 Å². The first-order valence-corrected chi connectivity index (χ1v) is 8.52. The molecule has 1 saturated heterocycles. The topological polar surface area (TPSA) is 45.2 Å². The molecule has 1 aromatic heterocycles. The summed E-state index contributed by atoms with van der Waals surface area (Å²) in [5, 5.41) is 3.37. The van der Waals surface area contributed by atoms with E-state index in [1.165, 1.54) is 0 Å². The predicted molar refractivity (Wildman–Crippen MR) is 101 cm³/mol. The number of aromatic nitrogens is 1. The lowest BCUT2D eigenvalue weighted by Gasteiger charge is -2.34. The van der Waals surface area contributed by atoms with Crippen LogP contribution in [0, 0.1) is 0 Å². The maximum atomic E-state index is 12.9. The average molecular weight is 376 g/mol. The van der Waals surface area contributed by atoms with Crippen LogP contribution in [0.5, 0.6) is 0 Å². The van der Waals surface area contributed by atoms with E-state index in [9.17, 15) is 4.79 Å². The molecular formula is C16H23Cl2N3OS. The van der Waals surface area contributed by atoms with E-state index in [0.717, 1.165) is 54.7 Å². The summed E-state index contributed by atoms with van der Waals surface area (Å²) in [6.07, 6.45) is 3.10. The third-order valence-corrected chi connectivity index (χ3v) is 4.84. The van der Waals surface area contributed by atoms with Gasteiger partial charge in [-0.1, -0.05) is 6.92 Å². The number of rotatable bonds is 4. The van der Waals surface area contributed by atoms with Crippen molar-refractivity contribution in [1.29, 1.82) is 0 Å². The molecule has 1 aliphatic rings. The number of nitrogens with zero attached hydrogens (tertiary/aromatic N) is 2. The third-order valence-electron chi connectivity index (χ3n) is 4.05. The monoisotopic (exact) mass is 375 g/mol. The molecule has 1 fully saturated rings. The fraction of sp³-hybridized carbons (Fsp3) is 0.500. The number of thiazole rings is 1. The second-order valence-corrected chi connectivity index (χ2v) is 6.40. The smallest absolute Gasteiger partial charge is 0.254 e. The van der Waals surface area contributed by atoms with E-state index in [1.807, 2.05) is 23.7 Å². The Labute approximate surface area is 153 Å². The Morgan fingerprint density at radius 3 is 2.78 bits per heavy atom. The van der Waals surface area contributed by atoms with E-state index in [0.29, 0.717) is 6.04 Å². The maximum absolute atomic E-state index is 12.9. The van der Waals surface area contributed by atoms with Gasteiger partial charge in [0.1, 0.15) is 0 Å². The van der Waals surface area contributed by atoms with Crippen LogP contribution in [0.2, 0.25) is 0 Å². The Morgan fingerprint density at radius 1 is 1.35 bits per heavy atom. The van der Waals surface area contributed by atoms with E-state index >= 15 is 0 Å². The van der Waals surface area contributed by atoms with Crippen molar-refractivity contribution in [2.45, 2.75) is 32.2 Å². The van der Waals surface area contributed by atoms with Crippen LogP contribution in [0.4, 0.5) is 0 Å². The molecule has 1 N–H and O–H groups in total. The van der Waals surface area contributed by atoms with E-state index in [4.69, 9.17) is 0 Å². The van der Waals surface area contributed by atoms with Crippen molar-refractivity contribution in [2.75, 3.05) is 19.6 Å². The minimum Gasteiger partial charge on any atom is -0.336 e. The van der Waals surface area contributed by atoms with E-state index in [2.05, 4.69) is 22.1 Å². The molecule has 128 valence electrons. The summed E-state index contributed by atoms with van der Waals surface area (Å²) in [6.45, 7) is 4.98. The van der Waals surface area contributed by atoms with Gasteiger partial charge in [-0.25, -0.2) is 4.98 Å². The summed E-state index contributed by atoms with van der Waals surface area (Å²) in [4.78, 5) is 19.2. The van der Waals surface area contributed by atoms with Gasteiger partial charge in [0, 0.05) is 18.2 Å². The van der Waals surface area contributed by atoms with E-state index in [-0.39, 0.29) is 30.7 Å². The minimum absolute atomic E-state index is 0.